The average molecular weight is 302 g/mol. The molecule has 0 aromatic carbocycles. The average Bonchev–Trinajstić information content (AvgIpc) is 2.25. The number of carbonyl (C=O) groups is 1. The molecule has 0 aliphatic rings. The van der Waals surface area contributed by atoms with Gasteiger partial charge in [-0.25, -0.2) is 8.78 Å². The smallest absolute Gasteiger partial charge is 0.261 e. The van der Waals surface area contributed by atoms with Crippen molar-refractivity contribution in [1.29, 1.82) is 0 Å². The van der Waals surface area contributed by atoms with Gasteiger partial charge in [-0.2, -0.15) is 0 Å². The molecule has 0 atom stereocenters. The Labute approximate surface area is 103 Å². The van der Waals surface area contributed by atoms with Crippen molar-refractivity contribution in [1.82, 2.24) is 4.90 Å². The Bertz CT molecular complexity index is 194. The standard InChI is InChI=1S/C10H18BrF2NO2/c1-2-14(6-3-5-11)10(15)4-7-16-8-9(12)13/h9H,2-8H2,1H3. The van der Waals surface area contributed by atoms with E-state index in [-0.39, 0.29) is 18.9 Å². The zero-order valence-electron chi connectivity index (χ0n) is 9.42. The Morgan fingerprint density at radius 2 is 2.19 bits per heavy atom. The van der Waals surface area contributed by atoms with Crippen LogP contribution in [0.15, 0.2) is 0 Å². The lowest BCUT2D eigenvalue weighted by Crippen LogP contribution is -2.32. The van der Waals surface area contributed by atoms with Crippen molar-refractivity contribution in [2.45, 2.75) is 26.2 Å². The van der Waals surface area contributed by atoms with E-state index < -0.39 is 13.0 Å². The van der Waals surface area contributed by atoms with Crippen molar-refractivity contribution >= 4 is 21.8 Å². The van der Waals surface area contributed by atoms with Crippen molar-refractivity contribution < 1.29 is 18.3 Å². The van der Waals surface area contributed by atoms with Gasteiger partial charge >= 0.3 is 0 Å². The van der Waals surface area contributed by atoms with E-state index in [4.69, 9.17) is 0 Å². The van der Waals surface area contributed by atoms with Crippen LogP contribution in [0.5, 0.6) is 0 Å². The van der Waals surface area contributed by atoms with Gasteiger partial charge in [0.2, 0.25) is 5.91 Å². The van der Waals surface area contributed by atoms with E-state index in [1.807, 2.05) is 6.92 Å². The molecule has 6 heteroatoms. The number of halogens is 3. The summed E-state index contributed by atoms with van der Waals surface area (Å²) in [5, 5.41) is 0.846. The van der Waals surface area contributed by atoms with E-state index in [0.29, 0.717) is 13.1 Å². The highest BCUT2D eigenvalue weighted by Gasteiger charge is 2.11. The number of rotatable bonds is 9. The fraction of sp³-hybridized carbons (Fsp3) is 0.900. The Balaban J connectivity index is 3.66. The Morgan fingerprint density at radius 1 is 1.50 bits per heavy atom. The lowest BCUT2D eigenvalue weighted by atomic mass is 10.3. The molecule has 0 heterocycles. The highest BCUT2D eigenvalue weighted by molar-refractivity contribution is 9.09. The predicted octanol–water partition coefficient (Wildman–Crippen LogP) is 2.29. The van der Waals surface area contributed by atoms with E-state index in [0.717, 1.165) is 11.8 Å². The van der Waals surface area contributed by atoms with Gasteiger partial charge in [-0.3, -0.25) is 4.79 Å². The summed E-state index contributed by atoms with van der Waals surface area (Å²) in [6.45, 7) is 2.69. The maximum absolute atomic E-state index is 11.7. The molecule has 0 fully saturated rings. The molecule has 0 radical (unpaired) electrons. The largest absolute Gasteiger partial charge is 0.375 e. The van der Waals surface area contributed by atoms with Crippen LogP contribution in [0.1, 0.15) is 19.8 Å². The van der Waals surface area contributed by atoms with Gasteiger partial charge in [0.25, 0.3) is 6.43 Å². The quantitative estimate of drug-likeness (QED) is 0.483. The van der Waals surface area contributed by atoms with Crippen LogP contribution in [-0.2, 0) is 9.53 Å². The number of amides is 1. The number of carbonyl (C=O) groups excluding carboxylic acids is 1. The fourth-order valence-electron chi connectivity index (χ4n) is 1.20. The van der Waals surface area contributed by atoms with Crippen LogP contribution < -0.4 is 0 Å². The van der Waals surface area contributed by atoms with Gasteiger partial charge in [-0.05, 0) is 13.3 Å². The maximum atomic E-state index is 11.7. The van der Waals surface area contributed by atoms with Crippen LogP contribution in [0.25, 0.3) is 0 Å². The van der Waals surface area contributed by atoms with E-state index in [2.05, 4.69) is 20.7 Å². The summed E-state index contributed by atoms with van der Waals surface area (Å²) in [4.78, 5) is 13.3. The fourth-order valence-corrected chi connectivity index (χ4v) is 1.45. The molecule has 0 aliphatic carbocycles. The summed E-state index contributed by atoms with van der Waals surface area (Å²) in [6.07, 6.45) is -1.41. The van der Waals surface area contributed by atoms with E-state index in [1.54, 1.807) is 4.90 Å². The molecule has 3 nitrogen and oxygen atoms in total. The van der Waals surface area contributed by atoms with E-state index in [1.165, 1.54) is 0 Å². The summed E-state index contributed by atoms with van der Waals surface area (Å²) in [7, 11) is 0. The minimum Gasteiger partial charge on any atom is -0.375 e. The Hall–Kier alpha value is -0.230. The zero-order valence-corrected chi connectivity index (χ0v) is 11.0. The molecule has 0 aromatic heterocycles. The van der Waals surface area contributed by atoms with Gasteiger partial charge in [0, 0.05) is 18.4 Å². The highest BCUT2D eigenvalue weighted by Crippen LogP contribution is 2.00. The molecule has 0 N–H and O–H groups in total. The molecule has 0 rings (SSSR count). The molecule has 0 saturated heterocycles. The second-order valence-corrected chi connectivity index (χ2v) is 4.02. The molecule has 0 aliphatic heterocycles. The van der Waals surface area contributed by atoms with Crippen LogP contribution in [0.3, 0.4) is 0 Å². The zero-order chi connectivity index (χ0) is 12.4. The second-order valence-electron chi connectivity index (χ2n) is 3.23. The Kier molecular flexibility index (Phi) is 9.82. The third-order valence-corrected chi connectivity index (χ3v) is 2.56. The third-order valence-electron chi connectivity index (χ3n) is 2.00. The van der Waals surface area contributed by atoms with E-state index in [9.17, 15) is 13.6 Å². The van der Waals surface area contributed by atoms with Gasteiger partial charge < -0.3 is 9.64 Å². The van der Waals surface area contributed by atoms with Crippen LogP contribution >= 0.6 is 15.9 Å². The van der Waals surface area contributed by atoms with Crippen LogP contribution in [0.4, 0.5) is 8.78 Å². The molecule has 96 valence electrons. The molecular formula is C10H18BrF2NO2. The molecule has 0 saturated carbocycles. The summed E-state index contributed by atoms with van der Waals surface area (Å²) in [6, 6.07) is 0. The van der Waals surface area contributed by atoms with Gasteiger partial charge in [-0.1, -0.05) is 15.9 Å². The lowest BCUT2D eigenvalue weighted by Gasteiger charge is -2.20. The van der Waals surface area contributed by atoms with Crippen molar-refractivity contribution in [2.24, 2.45) is 0 Å². The van der Waals surface area contributed by atoms with Gasteiger partial charge in [0.15, 0.2) is 0 Å². The van der Waals surface area contributed by atoms with Gasteiger partial charge in [0.1, 0.15) is 6.61 Å². The molecular weight excluding hydrogens is 284 g/mol. The summed E-state index contributed by atoms with van der Waals surface area (Å²) < 4.78 is 28.1. The lowest BCUT2D eigenvalue weighted by molar-refractivity contribution is -0.132. The number of ether oxygens (including phenoxy) is 1. The topological polar surface area (TPSA) is 29.5 Å². The SMILES string of the molecule is CCN(CCCBr)C(=O)CCOCC(F)F. The number of hydrogen-bond donors (Lipinski definition) is 0. The number of nitrogens with zero attached hydrogens (tertiary/aromatic N) is 1. The monoisotopic (exact) mass is 301 g/mol. The normalized spacial score (nSPS) is 10.8. The van der Waals surface area contributed by atoms with Crippen molar-refractivity contribution in [3.8, 4) is 0 Å². The molecule has 0 aromatic rings. The minimum atomic E-state index is -2.47. The number of alkyl halides is 3. The first-order chi connectivity index (χ1) is 7.61. The first-order valence-corrected chi connectivity index (χ1v) is 6.43. The maximum Gasteiger partial charge on any atom is 0.261 e. The molecule has 0 bridgehead atoms. The Morgan fingerprint density at radius 3 is 2.69 bits per heavy atom. The van der Waals surface area contributed by atoms with Crippen LogP contribution in [0, 0.1) is 0 Å². The van der Waals surface area contributed by atoms with Crippen molar-refractivity contribution in [3.63, 3.8) is 0 Å². The van der Waals surface area contributed by atoms with Gasteiger partial charge in [-0.15, -0.1) is 0 Å². The number of hydrogen-bond acceptors (Lipinski definition) is 2. The summed E-state index contributed by atoms with van der Waals surface area (Å²) in [5.74, 6) is -0.0438. The van der Waals surface area contributed by atoms with Crippen LogP contribution in [0.2, 0.25) is 0 Å². The first-order valence-electron chi connectivity index (χ1n) is 5.31. The molecule has 1 amide bonds. The predicted molar refractivity (Wildman–Crippen MR) is 62.1 cm³/mol. The van der Waals surface area contributed by atoms with Crippen molar-refractivity contribution in [2.75, 3.05) is 31.6 Å². The van der Waals surface area contributed by atoms with Crippen molar-refractivity contribution in [3.05, 3.63) is 0 Å². The molecule has 0 spiro atoms. The first kappa shape index (κ1) is 15.8. The summed E-state index contributed by atoms with van der Waals surface area (Å²) in [5.41, 5.74) is 0. The highest BCUT2D eigenvalue weighted by atomic mass is 79.9. The van der Waals surface area contributed by atoms with Crippen LogP contribution in [-0.4, -0.2) is 48.9 Å². The minimum absolute atomic E-state index is 0.0438. The third kappa shape index (κ3) is 7.98. The van der Waals surface area contributed by atoms with Gasteiger partial charge in [0.05, 0.1) is 13.0 Å². The molecule has 0 unspecified atom stereocenters. The summed E-state index contributed by atoms with van der Waals surface area (Å²) >= 11 is 3.29. The second kappa shape index (κ2) is 9.96. The molecule has 16 heavy (non-hydrogen) atoms. The van der Waals surface area contributed by atoms with E-state index >= 15 is 0 Å².